The largest absolute Gasteiger partial charge is 0.334 e. The van der Waals surface area contributed by atoms with Gasteiger partial charge in [0.25, 0.3) is 0 Å². The Labute approximate surface area is 130 Å². The van der Waals surface area contributed by atoms with Gasteiger partial charge >= 0.3 is 0 Å². The average Bonchev–Trinajstić information content (AvgIpc) is 2.53. The fourth-order valence-electron chi connectivity index (χ4n) is 3.60. The minimum absolute atomic E-state index is 0.493. The summed E-state index contributed by atoms with van der Waals surface area (Å²) in [6.45, 7) is 0. The minimum Gasteiger partial charge on any atom is -0.334 e. The van der Waals surface area contributed by atoms with Crippen LogP contribution in [0, 0.1) is 0 Å². The highest BCUT2D eigenvalue weighted by Gasteiger charge is 2.31. The second kappa shape index (κ2) is 5.23. The van der Waals surface area contributed by atoms with Gasteiger partial charge < -0.3 is 4.90 Å². The maximum atomic E-state index is 6.26. The molecule has 106 valence electrons. The van der Waals surface area contributed by atoms with Crippen molar-refractivity contribution in [2.24, 2.45) is 0 Å². The molecule has 1 heterocycles. The van der Waals surface area contributed by atoms with Crippen LogP contribution in [0.5, 0.6) is 0 Å². The fraction of sp³-hybridized carbons (Fsp3) is 0.263. The van der Waals surface area contributed by atoms with E-state index in [-0.39, 0.29) is 0 Å². The van der Waals surface area contributed by atoms with Crippen molar-refractivity contribution in [3.63, 3.8) is 0 Å². The first kappa shape index (κ1) is 13.0. The number of hydrogen-bond acceptors (Lipinski definition) is 1. The van der Waals surface area contributed by atoms with E-state index in [0.29, 0.717) is 6.04 Å². The summed E-state index contributed by atoms with van der Waals surface area (Å²) in [6.07, 6.45) is 7.45. The predicted molar refractivity (Wildman–Crippen MR) is 90.3 cm³/mol. The lowest BCUT2D eigenvalue weighted by atomic mass is 9.84. The van der Waals surface area contributed by atoms with Crippen LogP contribution in [-0.2, 0) is 0 Å². The summed E-state index contributed by atoms with van der Waals surface area (Å²) < 4.78 is 0. The van der Waals surface area contributed by atoms with Crippen LogP contribution in [0.4, 0.5) is 11.4 Å². The lowest BCUT2D eigenvalue weighted by Crippen LogP contribution is -2.37. The van der Waals surface area contributed by atoms with E-state index in [9.17, 15) is 0 Å². The Bertz CT molecular complexity index is 690. The van der Waals surface area contributed by atoms with Gasteiger partial charge in [-0.1, -0.05) is 48.4 Å². The Morgan fingerprint density at radius 2 is 1.86 bits per heavy atom. The molecule has 2 aliphatic rings. The highest BCUT2D eigenvalue weighted by molar-refractivity contribution is 6.31. The van der Waals surface area contributed by atoms with Gasteiger partial charge in [0.1, 0.15) is 0 Å². The molecule has 1 aliphatic carbocycles. The topological polar surface area (TPSA) is 3.24 Å². The normalized spacial score (nSPS) is 20.5. The summed E-state index contributed by atoms with van der Waals surface area (Å²) in [5, 5.41) is 0.808. The van der Waals surface area contributed by atoms with Gasteiger partial charge in [0.15, 0.2) is 0 Å². The van der Waals surface area contributed by atoms with Crippen molar-refractivity contribution < 1.29 is 0 Å². The number of para-hydroxylation sites is 1. The Kier molecular flexibility index (Phi) is 3.23. The van der Waals surface area contributed by atoms with Crippen molar-refractivity contribution in [1.29, 1.82) is 0 Å². The number of rotatable bonds is 1. The molecule has 0 radical (unpaired) electrons. The van der Waals surface area contributed by atoms with E-state index in [4.69, 9.17) is 11.6 Å². The molecule has 1 saturated carbocycles. The molecule has 1 fully saturated rings. The van der Waals surface area contributed by atoms with Crippen LogP contribution in [0.15, 0.2) is 54.1 Å². The molecule has 0 amide bonds. The van der Waals surface area contributed by atoms with Crippen molar-refractivity contribution in [3.05, 3.63) is 64.7 Å². The van der Waals surface area contributed by atoms with Crippen molar-refractivity contribution in [2.45, 2.75) is 31.7 Å². The molecule has 0 saturated heterocycles. The third-order valence-electron chi connectivity index (χ3n) is 4.56. The van der Waals surface area contributed by atoms with Crippen molar-refractivity contribution in [2.75, 3.05) is 4.90 Å². The predicted octanol–water partition coefficient (Wildman–Crippen LogP) is 5.82. The van der Waals surface area contributed by atoms with E-state index >= 15 is 0 Å². The van der Waals surface area contributed by atoms with Crippen LogP contribution < -0.4 is 4.90 Å². The fourth-order valence-corrected chi connectivity index (χ4v) is 3.77. The van der Waals surface area contributed by atoms with Crippen molar-refractivity contribution in [3.8, 4) is 0 Å². The van der Waals surface area contributed by atoms with Crippen molar-refractivity contribution in [1.82, 2.24) is 0 Å². The van der Waals surface area contributed by atoms with Gasteiger partial charge in [-0.2, -0.15) is 0 Å². The van der Waals surface area contributed by atoms with Gasteiger partial charge in [-0.25, -0.2) is 0 Å². The third kappa shape index (κ3) is 2.26. The van der Waals surface area contributed by atoms with Crippen LogP contribution in [-0.4, -0.2) is 6.04 Å². The van der Waals surface area contributed by atoms with Gasteiger partial charge in [-0.05, 0) is 54.7 Å². The molecule has 1 unspecified atom stereocenters. The van der Waals surface area contributed by atoms with Gasteiger partial charge in [-0.3, -0.25) is 0 Å². The molecule has 1 atom stereocenters. The van der Waals surface area contributed by atoms with E-state index in [1.807, 2.05) is 6.07 Å². The first-order chi connectivity index (χ1) is 10.3. The monoisotopic (exact) mass is 295 g/mol. The second-order valence-corrected chi connectivity index (χ2v) is 6.33. The molecule has 2 aromatic rings. The molecule has 1 aliphatic heterocycles. The van der Waals surface area contributed by atoms with E-state index in [1.54, 1.807) is 5.57 Å². The molecule has 4 rings (SSSR count). The van der Waals surface area contributed by atoms with Crippen LogP contribution >= 0.6 is 11.6 Å². The van der Waals surface area contributed by atoms with E-state index in [1.165, 1.54) is 42.6 Å². The standard InChI is InChI=1S/C19H18ClN/c20-16-11-10-15-12-14-6-4-5-9-18(14)21(19(15)13-16)17-7-2-1-3-8-17/h1-3,7-8,10-13,18H,4-6,9H2. The second-order valence-electron chi connectivity index (χ2n) is 5.89. The summed E-state index contributed by atoms with van der Waals surface area (Å²) in [5.74, 6) is 0. The summed E-state index contributed by atoms with van der Waals surface area (Å²) in [4.78, 5) is 2.48. The number of benzene rings is 2. The lowest BCUT2D eigenvalue weighted by molar-refractivity contribution is 0.528. The molecular formula is C19H18ClN. The van der Waals surface area contributed by atoms with Gasteiger partial charge in [0, 0.05) is 10.7 Å². The number of fused-ring (bicyclic) bond motifs is 2. The van der Waals surface area contributed by atoms with E-state index in [2.05, 4.69) is 53.4 Å². The third-order valence-corrected chi connectivity index (χ3v) is 4.80. The Morgan fingerprint density at radius 3 is 2.71 bits per heavy atom. The van der Waals surface area contributed by atoms with Crippen LogP contribution in [0.1, 0.15) is 31.2 Å². The molecule has 0 N–H and O–H groups in total. The van der Waals surface area contributed by atoms with Gasteiger partial charge in [0.2, 0.25) is 0 Å². The van der Waals surface area contributed by atoms with Gasteiger partial charge in [0.05, 0.1) is 11.7 Å². The molecule has 0 spiro atoms. The van der Waals surface area contributed by atoms with Crippen LogP contribution in [0.3, 0.4) is 0 Å². The number of hydrogen-bond donors (Lipinski definition) is 0. The smallest absolute Gasteiger partial charge is 0.0555 e. The molecule has 0 aromatic heterocycles. The Morgan fingerprint density at radius 1 is 1.00 bits per heavy atom. The maximum Gasteiger partial charge on any atom is 0.0555 e. The molecule has 1 nitrogen and oxygen atoms in total. The van der Waals surface area contributed by atoms with Gasteiger partial charge in [-0.15, -0.1) is 0 Å². The Hall–Kier alpha value is -1.73. The van der Waals surface area contributed by atoms with Crippen LogP contribution in [0.25, 0.3) is 6.08 Å². The SMILES string of the molecule is Clc1ccc2c(c1)N(c1ccccc1)C1CCCCC1=C2. The van der Waals surface area contributed by atoms with E-state index in [0.717, 1.165) is 5.02 Å². The number of anilines is 2. The van der Waals surface area contributed by atoms with Crippen LogP contribution in [0.2, 0.25) is 5.02 Å². The molecular weight excluding hydrogens is 278 g/mol. The first-order valence-electron chi connectivity index (χ1n) is 7.67. The summed E-state index contributed by atoms with van der Waals surface area (Å²) in [6, 6.07) is 17.4. The molecule has 21 heavy (non-hydrogen) atoms. The Balaban J connectivity index is 1.90. The maximum absolute atomic E-state index is 6.26. The first-order valence-corrected chi connectivity index (χ1v) is 8.05. The number of nitrogens with zero attached hydrogens (tertiary/aromatic N) is 1. The molecule has 2 aromatic carbocycles. The zero-order valence-corrected chi connectivity index (χ0v) is 12.7. The molecule has 0 bridgehead atoms. The zero-order chi connectivity index (χ0) is 14.2. The highest BCUT2D eigenvalue weighted by atomic mass is 35.5. The highest BCUT2D eigenvalue weighted by Crippen LogP contribution is 2.44. The summed E-state index contributed by atoms with van der Waals surface area (Å²) >= 11 is 6.26. The van der Waals surface area contributed by atoms with E-state index < -0.39 is 0 Å². The molecule has 2 heteroatoms. The lowest BCUT2D eigenvalue weighted by Gasteiger charge is -2.41. The average molecular weight is 296 g/mol. The summed E-state index contributed by atoms with van der Waals surface area (Å²) in [5.41, 5.74) is 5.36. The quantitative estimate of drug-likeness (QED) is 0.641. The summed E-state index contributed by atoms with van der Waals surface area (Å²) in [7, 11) is 0. The zero-order valence-electron chi connectivity index (χ0n) is 11.9. The van der Waals surface area contributed by atoms with Crippen molar-refractivity contribution >= 4 is 29.1 Å². The minimum atomic E-state index is 0.493. The number of halogens is 1.